The Balaban J connectivity index is 1.11. The van der Waals surface area contributed by atoms with E-state index in [1.54, 1.807) is 0 Å². The van der Waals surface area contributed by atoms with Gasteiger partial charge in [-0.3, -0.25) is 0 Å². The molecule has 0 heteroatoms. The lowest BCUT2D eigenvalue weighted by atomic mass is 9.77. The molecule has 0 amide bonds. The Hall–Kier alpha value is -7.02. The Morgan fingerprint density at radius 1 is 0.263 bits per heavy atom. The normalized spacial score (nSPS) is 13.2. The lowest BCUT2D eigenvalue weighted by Gasteiger charge is -2.25. The van der Waals surface area contributed by atoms with Crippen molar-refractivity contribution in [3.63, 3.8) is 0 Å². The highest BCUT2D eigenvalue weighted by molar-refractivity contribution is 6.24. The topological polar surface area (TPSA) is 0 Å². The predicted molar refractivity (Wildman–Crippen MR) is 245 cm³/mol. The van der Waals surface area contributed by atoms with Gasteiger partial charge in [-0.2, -0.15) is 0 Å². The summed E-state index contributed by atoms with van der Waals surface area (Å²) in [5.41, 5.74) is 13.0. The molecule has 0 aromatic heterocycles. The first-order chi connectivity index (χ1) is 28.1. The summed E-state index contributed by atoms with van der Waals surface area (Å²) in [4.78, 5) is 0. The van der Waals surface area contributed by atoms with Crippen LogP contribution >= 0.6 is 0 Å². The van der Waals surface area contributed by atoms with E-state index in [4.69, 9.17) is 0 Å². The van der Waals surface area contributed by atoms with Crippen LogP contribution in [0.4, 0.5) is 0 Å². The average molecular weight is 723 g/mol. The zero-order chi connectivity index (χ0) is 37.8. The minimum Gasteiger partial charge on any atom is -0.0616 e. The molecule has 11 aromatic carbocycles. The van der Waals surface area contributed by atoms with Crippen molar-refractivity contribution in [2.45, 2.75) is 19.3 Å². The van der Waals surface area contributed by atoms with Crippen molar-refractivity contribution >= 4 is 64.6 Å². The third-order valence-electron chi connectivity index (χ3n) is 12.9. The maximum Gasteiger partial charge on any atom is 0.0171 e. The molecule has 0 unspecified atom stereocenters. The van der Waals surface area contributed by atoms with E-state index in [9.17, 15) is 0 Å². The SMILES string of the molecule is CC1(C)c2c(ccc3ccccc23)-c2c1c1ccc(-c3c4ccccc4c(-c4cccc(-c5cccc6ccccc56)c4)c4ccccc34)cc1c1ccccc21. The van der Waals surface area contributed by atoms with Gasteiger partial charge in [-0.25, -0.2) is 0 Å². The van der Waals surface area contributed by atoms with E-state index in [1.807, 2.05) is 0 Å². The highest BCUT2D eigenvalue weighted by atomic mass is 14.4. The van der Waals surface area contributed by atoms with Gasteiger partial charge in [0.2, 0.25) is 0 Å². The predicted octanol–water partition coefficient (Wildman–Crippen LogP) is 15.9. The van der Waals surface area contributed by atoms with Gasteiger partial charge in [-0.1, -0.05) is 196 Å². The average Bonchev–Trinajstić information content (AvgIpc) is 3.52. The number of rotatable bonds is 3. The van der Waals surface area contributed by atoms with Crippen LogP contribution in [0, 0.1) is 0 Å². The molecular weight excluding hydrogens is 685 g/mol. The molecule has 0 bridgehead atoms. The molecule has 11 aromatic rings. The highest BCUT2D eigenvalue weighted by Gasteiger charge is 2.39. The Kier molecular flexibility index (Phi) is 6.78. The van der Waals surface area contributed by atoms with Gasteiger partial charge >= 0.3 is 0 Å². The number of benzene rings is 11. The molecule has 0 nitrogen and oxygen atoms in total. The van der Waals surface area contributed by atoms with E-state index in [0.717, 1.165) is 0 Å². The van der Waals surface area contributed by atoms with Crippen LogP contribution in [-0.4, -0.2) is 0 Å². The zero-order valence-corrected chi connectivity index (χ0v) is 32.0. The van der Waals surface area contributed by atoms with Crippen molar-refractivity contribution in [2.75, 3.05) is 0 Å². The maximum atomic E-state index is 2.49. The third-order valence-corrected chi connectivity index (χ3v) is 12.9. The second-order valence-electron chi connectivity index (χ2n) is 16.3. The van der Waals surface area contributed by atoms with Crippen LogP contribution in [-0.2, 0) is 5.41 Å². The van der Waals surface area contributed by atoms with Gasteiger partial charge in [-0.05, 0) is 132 Å². The molecule has 0 atom stereocenters. The molecule has 266 valence electrons. The van der Waals surface area contributed by atoms with Gasteiger partial charge in [-0.15, -0.1) is 0 Å². The lowest BCUT2D eigenvalue weighted by molar-refractivity contribution is 0.672. The van der Waals surface area contributed by atoms with Gasteiger partial charge in [0.15, 0.2) is 0 Å². The van der Waals surface area contributed by atoms with Crippen LogP contribution in [0.1, 0.15) is 25.0 Å². The summed E-state index contributed by atoms with van der Waals surface area (Å²) in [6.45, 7) is 4.86. The maximum absolute atomic E-state index is 2.49. The van der Waals surface area contributed by atoms with Crippen molar-refractivity contribution in [1.82, 2.24) is 0 Å². The molecule has 0 fully saturated rings. The van der Waals surface area contributed by atoms with Crippen LogP contribution in [0.15, 0.2) is 194 Å². The summed E-state index contributed by atoms with van der Waals surface area (Å²) in [7, 11) is 0. The lowest BCUT2D eigenvalue weighted by Crippen LogP contribution is -2.16. The first-order valence-corrected chi connectivity index (χ1v) is 20.1. The monoisotopic (exact) mass is 722 g/mol. The molecule has 57 heavy (non-hydrogen) atoms. The van der Waals surface area contributed by atoms with Crippen molar-refractivity contribution < 1.29 is 0 Å². The van der Waals surface area contributed by atoms with Crippen molar-refractivity contribution in [3.8, 4) is 44.5 Å². The van der Waals surface area contributed by atoms with Crippen LogP contribution in [0.5, 0.6) is 0 Å². The molecule has 12 rings (SSSR count). The second-order valence-corrected chi connectivity index (χ2v) is 16.3. The highest BCUT2D eigenvalue weighted by Crippen LogP contribution is 2.57. The van der Waals surface area contributed by atoms with Crippen LogP contribution in [0.2, 0.25) is 0 Å². The molecule has 0 saturated heterocycles. The first kappa shape index (κ1) is 32.2. The first-order valence-electron chi connectivity index (χ1n) is 20.1. The van der Waals surface area contributed by atoms with Crippen LogP contribution in [0.3, 0.4) is 0 Å². The Morgan fingerprint density at radius 3 is 1.42 bits per heavy atom. The zero-order valence-electron chi connectivity index (χ0n) is 32.0. The molecule has 0 heterocycles. The van der Waals surface area contributed by atoms with Gasteiger partial charge < -0.3 is 0 Å². The molecule has 0 aliphatic heterocycles. The minimum absolute atomic E-state index is 0.170. The molecular formula is C57H38. The Labute approximate surface area is 332 Å². The summed E-state index contributed by atoms with van der Waals surface area (Å²) in [6.07, 6.45) is 0. The standard InChI is InChI=1S/C57H38/c1-57(2)55-42-21-6-4-16-36(42)29-32-50(55)54-44-23-8-7-22-43(44)51-34-39(30-31-49(51)56(54)57)53-47-26-11-9-24-45(47)52(46-25-10-12-27-48(46)53)38-19-13-18-37(33-38)41-28-14-17-35-15-3-5-20-40(35)41/h3-34H,1-2H3. The molecule has 1 aliphatic rings. The van der Waals surface area contributed by atoms with E-state index in [1.165, 1.54) is 120 Å². The molecule has 0 N–H and O–H groups in total. The summed E-state index contributed by atoms with van der Waals surface area (Å²) in [6, 6.07) is 72.5. The van der Waals surface area contributed by atoms with Crippen LogP contribution < -0.4 is 0 Å². The molecule has 0 saturated carbocycles. The smallest absolute Gasteiger partial charge is 0.0171 e. The number of hydrogen-bond donors (Lipinski definition) is 0. The third kappa shape index (κ3) is 4.56. The van der Waals surface area contributed by atoms with E-state index >= 15 is 0 Å². The fraction of sp³-hybridized carbons (Fsp3) is 0.0526. The summed E-state index contributed by atoms with van der Waals surface area (Å²) in [5.74, 6) is 0. The fourth-order valence-corrected chi connectivity index (χ4v) is 10.6. The molecule has 0 spiro atoms. The van der Waals surface area contributed by atoms with E-state index in [2.05, 4.69) is 208 Å². The van der Waals surface area contributed by atoms with Crippen molar-refractivity contribution in [1.29, 1.82) is 0 Å². The fourth-order valence-electron chi connectivity index (χ4n) is 10.6. The second kappa shape index (κ2) is 12.0. The quantitative estimate of drug-likeness (QED) is 0.126. The molecule has 1 aliphatic carbocycles. The van der Waals surface area contributed by atoms with Crippen LogP contribution in [0.25, 0.3) is 109 Å². The number of hydrogen-bond acceptors (Lipinski definition) is 0. The van der Waals surface area contributed by atoms with E-state index in [-0.39, 0.29) is 5.41 Å². The van der Waals surface area contributed by atoms with E-state index in [0.29, 0.717) is 0 Å². The van der Waals surface area contributed by atoms with Crippen molar-refractivity contribution in [3.05, 3.63) is 205 Å². The molecule has 0 radical (unpaired) electrons. The summed E-state index contributed by atoms with van der Waals surface area (Å²) < 4.78 is 0. The Bertz CT molecular complexity index is 3430. The van der Waals surface area contributed by atoms with Gasteiger partial charge in [0.05, 0.1) is 0 Å². The van der Waals surface area contributed by atoms with Crippen molar-refractivity contribution in [2.24, 2.45) is 0 Å². The summed E-state index contributed by atoms with van der Waals surface area (Å²) in [5, 5.41) is 15.5. The van der Waals surface area contributed by atoms with E-state index < -0.39 is 0 Å². The Morgan fingerprint density at radius 2 is 0.754 bits per heavy atom. The minimum atomic E-state index is -0.170. The van der Waals surface area contributed by atoms with Gasteiger partial charge in [0.25, 0.3) is 0 Å². The van der Waals surface area contributed by atoms with Gasteiger partial charge in [0, 0.05) is 5.41 Å². The van der Waals surface area contributed by atoms with Gasteiger partial charge in [0.1, 0.15) is 0 Å². The largest absolute Gasteiger partial charge is 0.0616 e. The summed E-state index contributed by atoms with van der Waals surface area (Å²) >= 11 is 0. The number of fused-ring (bicyclic) bond motifs is 13.